The maximum atomic E-state index is 13.4. The van der Waals surface area contributed by atoms with E-state index in [1.54, 1.807) is 55.0 Å². The number of nitrogens with zero attached hydrogens (tertiary/aromatic N) is 3. The molecule has 0 radical (unpaired) electrons. The fourth-order valence-corrected chi connectivity index (χ4v) is 4.55. The van der Waals surface area contributed by atoms with Crippen LogP contribution in [0.25, 0.3) is 32.9 Å². The number of furan rings is 2. The highest BCUT2D eigenvalue weighted by Gasteiger charge is 2.22. The van der Waals surface area contributed by atoms with Gasteiger partial charge >= 0.3 is 0 Å². The number of anilines is 1. The van der Waals surface area contributed by atoms with Crippen molar-refractivity contribution in [3.8, 4) is 22.1 Å². The first kappa shape index (κ1) is 21.8. The Bertz CT molecular complexity index is 1450. The molecule has 0 aliphatic heterocycles. The molecule has 8 nitrogen and oxygen atoms in total. The molecular weight excluding hydrogens is 452 g/mol. The van der Waals surface area contributed by atoms with E-state index in [0.717, 1.165) is 11.3 Å². The Morgan fingerprint density at radius 2 is 1.74 bits per heavy atom. The zero-order chi connectivity index (χ0) is 23.7. The third-order valence-corrected chi connectivity index (χ3v) is 6.33. The van der Waals surface area contributed by atoms with E-state index in [0.29, 0.717) is 45.6 Å². The number of aromatic nitrogens is 3. The van der Waals surface area contributed by atoms with Crippen LogP contribution in [0.2, 0.25) is 0 Å². The van der Waals surface area contributed by atoms with Gasteiger partial charge in [0.1, 0.15) is 16.3 Å². The Morgan fingerprint density at radius 1 is 1.03 bits per heavy atom. The standard InChI is InChI=1S/C25H22N4O4S/c1-15(2)11-12-29-24(31)17-8-4-3-7-16(17)20(28-29)23(30)27-25-26-21(18-9-5-13-32-18)22(34-25)19-10-6-14-33-19/h3-10,13-15H,11-12H2,1-2H3,(H,26,27,30). The summed E-state index contributed by atoms with van der Waals surface area (Å²) in [5.74, 6) is 1.14. The second-order valence-corrected chi connectivity index (χ2v) is 9.21. The monoisotopic (exact) mass is 474 g/mol. The van der Waals surface area contributed by atoms with E-state index < -0.39 is 5.91 Å². The molecule has 0 fully saturated rings. The predicted molar refractivity (Wildman–Crippen MR) is 131 cm³/mol. The van der Waals surface area contributed by atoms with E-state index in [1.165, 1.54) is 16.0 Å². The first-order chi connectivity index (χ1) is 16.5. The van der Waals surface area contributed by atoms with Crippen LogP contribution in [0.15, 0.2) is 74.7 Å². The van der Waals surface area contributed by atoms with Crippen LogP contribution in [-0.2, 0) is 6.54 Å². The lowest BCUT2D eigenvalue weighted by Gasteiger charge is -2.11. The lowest BCUT2D eigenvalue weighted by molar-refractivity contribution is 0.102. The number of carbonyl (C=O) groups excluding carboxylic acids is 1. The molecule has 172 valence electrons. The van der Waals surface area contributed by atoms with E-state index in [-0.39, 0.29) is 11.3 Å². The van der Waals surface area contributed by atoms with E-state index >= 15 is 0 Å². The van der Waals surface area contributed by atoms with Crippen molar-refractivity contribution in [1.29, 1.82) is 0 Å². The number of benzene rings is 1. The van der Waals surface area contributed by atoms with Crippen molar-refractivity contribution in [2.75, 3.05) is 5.32 Å². The van der Waals surface area contributed by atoms with Crippen LogP contribution in [0.4, 0.5) is 5.13 Å². The highest BCUT2D eigenvalue weighted by Crippen LogP contribution is 2.39. The first-order valence-corrected chi connectivity index (χ1v) is 11.7. The van der Waals surface area contributed by atoms with Gasteiger partial charge in [0.05, 0.1) is 17.9 Å². The second kappa shape index (κ2) is 9.11. The Hall–Kier alpha value is -3.98. The maximum absolute atomic E-state index is 13.4. The van der Waals surface area contributed by atoms with Gasteiger partial charge in [0, 0.05) is 11.9 Å². The quantitative estimate of drug-likeness (QED) is 0.326. The summed E-state index contributed by atoms with van der Waals surface area (Å²) < 4.78 is 12.5. The van der Waals surface area contributed by atoms with Crippen molar-refractivity contribution in [2.24, 2.45) is 5.92 Å². The molecule has 5 rings (SSSR count). The molecule has 0 spiro atoms. The fraction of sp³-hybridized carbons (Fsp3) is 0.200. The zero-order valence-corrected chi connectivity index (χ0v) is 19.5. The van der Waals surface area contributed by atoms with Crippen molar-refractivity contribution in [3.05, 3.63) is 77.1 Å². The van der Waals surface area contributed by atoms with Gasteiger partial charge in [-0.3, -0.25) is 14.9 Å². The highest BCUT2D eigenvalue weighted by atomic mass is 32.1. The molecule has 0 atom stereocenters. The highest BCUT2D eigenvalue weighted by molar-refractivity contribution is 7.19. The second-order valence-electron chi connectivity index (χ2n) is 8.21. The maximum Gasteiger partial charge on any atom is 0.278 e. The van der Waals surface area contributed by atoms with Gasteiger partial charge in [0.25, 0.3) is 11.5 Å². The van der Waals surface area contributed by atoms with Gasteiger partial charge in [-0.25, -0.2) is 9.67 Å². The summed E-state index contributed by atoms with van der Waals surface area (Å²) in [6.07, 6.45) is 3.92. The lowest BCUT2D eigenvalue weighted by atomic mass is 10.1. The molecular formula is C25H22N4O4S. The van der Waals surface area contributed by atoms with Crippen LogP contribution < -0.4 is 10.9 Å². The van der Waals surface area contributed by atoms with Gasteiger partial charge in [0.2, 0.25) is 0 Å². The zero-order valence-electron chi connectivity index (χ0n) is 18.6. The number of hydrogen-bond donors (Lipinski definition) is 1. The molecule has 0 aliphatic carbocycles. The topological polar surface area (TPSA) is 103 Å². The predicted octanol–water partition coefficient (Wildman–Crippen LogP) is 5.67. The van der Waals surface area contributed by atoms with Crippen LogP contribution in [0, 0.1) is 5.92 Å². The summed E-state index contributed by atoms with van der Waals surface area (Å²) in [6.45, 7) is 4.59. The fourth-order valence-electron chi connectivity index (χ4n) is 3.62. The number of nitrogens with one attached hydrogen (secondary N) is 1. The third kappa shape index (κ3) is 4.17. The molecule has 1 aromatic carbocycles. The molecule has 1 amide bonds. The molecule has 0 bridgehead atoms. The largest absolute Gasteiger partial charge is 0.463 e. The van der Waals surface area contributed by atoms with Crippen molar-refractivity contribution < 1.29 is 13.6 Å². The molecule has 0 aliphatic rings. The van der Waals surface area contributed by atoms with Crippen molar-refractivity contribution >= 4 is 33.1 Å². The van der Waals surface area contributed by atoms with Crippen LogP contribution in [0.5, 0.6) is 0 Å². The summed E-state index contributed by atoms with van der Waals surface area (Å²) in [6, 6.07) is 14.2. The minimum atomic E-state index is -0.444. The Labute approximate surface area is 198 Å². The number of fused-ring (bicyclic) bond motifs is 1. The van der Waals surface area contributed by atoms with Gasteiger partial charge in [0.15, 0.2) is 16.6 Å². The molecule has 1 N–H and O–H groups in total. The summed E-state index contributed by atoms with van der Waals surface area (Å²) in [5, 5.41) is 8.61. The van der Waals surface area contributed by atoms with Gasteiger partial charge in [-0.15, -0.1) is 0 Å². The summed E-state index contributed by atoms with van der Waals surface area (Å²) in [7, 11) is 0. The molecule has 4 heterocycles. The number of hydrogen-bond acceptors (Lipinski definition) is 7. The Morgan fingerprint density at radius 3 is 2.41 bits per heavy atom. The Kier molecular flexibility index (Phi) is 5.85. The number of aryl methyl sites for hydroxylation is 1. The number of carbonyl (C=O) groups is 1. The smallest absolute Gasteiger partial charge is 0.278 e. The molecule has 0 unspecified atom stereocenters. The number of amides is 1. The van der Waals surface area contributed by atoms with Gasteiger partial charge in [-0.05, 0) is 42.7 Å². The summed E-state index contributed by atoms with van der Waals surface area (Å²) >= 11 is 1.27. The lowest BCUT2D eigenvalue weighted by Crippen LogP contribution is -2.28. The molecule has 0 saturated carbocycles. The van der Waals surface area contributed by atoms with E-state index in [4.69, 9.17) is 8.83 Å². The van der Waals surface area contributed by atoms with Crippen LogP contribution >= 0.6 is 11.3 Å². The van der Waals surface area contributed by atoms with E-state index in [9.17, 15) is 9.59 Å². The molecule has 9 heteroatoms. The van der Waals surface area contributed by atoms with Crippen LogP contribution in [-0.4, -0.2) is 20.7 Å². The minimum Gasteiger partial charge on any atom is -0.463 e. The number of thiazole rings is 1. The third-order valence-electron chi connectivity index (χ3n) is 5.35. The van der Waals surface area contributed by atoms with Crippen molar-refractivity contribution in [1.82, 2.24) is 14.8 Å². The first-order valence-electron chi connectivity index (χ1n) is 10.9. The molecule has 0 saturated heterocycles. The van der Waals surface area contributed by atoms with Crippen LogP contribution in [0.1, 0.15) is 30.8 Å². The van der Waals surface area contributed by atoms with Gasteiger partial charge in [-0.2, -0.15) is 5.10 Å². The SMILES string of the molecule is CC(C)CCn1nc(C(=O)Nc2nc(-c3ccco3)c(-c3ccco3)s2)c2ccccc2c1=O. The van der Waals surface area contributed by atoms with Crippen LogP contribution in [0.3, 0.4) is 0 Å². The Balaban J connectivity index is 1.54. The molecule has 34 heavy (non-hydrogen) atoms. The van der Waals surface area contributed by atoms with Crippen molar-refractivity contribution in [3.63, 3.8) is 0 Å². The average Bonchev–Trinajstić information content (AvgIpc) is 3.60. The van der Waals surface area contributed by atoms with Crippen molar-refractivity contribution in [2.45, 2.75) is 26.8 Å². The van der Waals surface area contributed by atoms with Gasteiger partial charge < -0.3 is 8.83 Å². The van der Waals surface area contributed by atoms with E-state index in [2.05, 4.69) is 29.2 Å². The van der Waals surface area contributed by atoms with Gasteiger partial charge in [-0.1, -0.05) is 43.4 Å². The minimum absolute atomic E-state index is 0.174. The summed E-state index contributed by atoms with van der Waals surface area (Å²) in [4.78, 5) is 31.6. The summed E-state index contributed by atoms with van der Waals surface area (Å²) in [5.41, 5.74) is 0.537. The molecule has 5 aromatic rings. The molecule has 4 aromatic heterocycles. The van der Waals surface area contributed by atoms with E-state index in [1.807, 2.05) is 6.07 Å². The average molecular weight is 475 g/mol. The number of rotatable bonds is 7. The normalized spacial score (nSPS) is 11.4.